The first-order valence-electron chi connectivity index (χ1n) is 11.0. The van der Waals surface area contributed by atoms with Gasteiger partial charge in [0.15, 0.2) is 5.96 Å². The largest absolute Gasteiger partial charge is 0.480 e. The number of nitrogens with one attached hydrogen (secondary N) is 4. The van der Waals surface area contributed by atoms with Crippen LogP contribution in [0.4, 0.5) is 0 Å². The van der Waals surface area contributed by atoms with Gasteiger partial charge in [-0.25, -0.2) is 9.78 Å². The molecule has 3 amide bonds. The number of rotatable bonds is 16. The summed E-state index contributed by atoms with van der Waals surface area (Å²) in [6.07, 6.45) is 5.50. The predicted molar refractivity (Wildman–Crippen MR) is 132 cm³/mol. The highest BCUT2D eigenvalue weighted by atomic mass is 32.2. The summed E-state index contributed by atoms with van der Waals surface area (Å²) in [6.45, 7) is 1.70. The zero-order chi connectivity index (χ0) is 26.4. The second kappa shape index (κ2) is 15.5. The van der Waals surface area contributed by atoms with E-state index in [9.17, 15) is 24.3 Å². The van der Waals surface area contributed by atoms with Gasteiger partial charge in [-0.1, -0.05) is 0 Å². The zero-order valence-electron chi connectivity index (χ0n) is 19.8. The molecule has 4 atom stereocenters. The fourth-order valence-electron chi connectivity index (χ4n) is 2.94. The summed E-state index contributed by atoms with van der Waals surface area (Å²) >= 11 is 1.45. The van der Waals surface area contributed by atoms with E-state index in [1.54, 1.807) is 0 Å². The number of thioether (sulfide) groups is 1. The van der Waals surface area contributed by atoms with Gasteiger partial charge in [-0.05, 0) is 38.2 Å². The number of aromatic amines is 1. The maximum atomic E-state index is 13.1. The molecule has 1 heterocycles. The van der Waals surface area contributed by atoms with Crippen molar-refractivity contribution < 1.29 is 24.3 Å². The van der Waals surface area contributed by atoms with Crippen LogP contribution in [0.25, 0.3) is 0 Å². The number of carboxylic acids is 1. The van der Waals surface area contributed by atoms with Crippen molar-refractivity contribution >= 4 is 41.4 Å². The molecular weight excluding hydrogens is 478 g/mol. The highest BCUT2D eigenvalue weighted by Crippen LogP contribution is 2.06. The molecule has 0 aliphatic carbocycles. The lowest BCUT2D eigenvalue weighted by atomic mass is 10.1. The summed E-state index contributed by atoms with van der Waals surface area (Å²) in [5.41, 5.74) is 16.8. The van der Waals surface area contributed by atoms with Crippen molar-refractivity contribution in [1.82, 2.24) is 25.9 Å². The number of carbonyl (C=O) groups excluding carboxylic acids is 3. The number of nitrogens with two attached hydrogens (primary N) is 3. The predicted octanol–water partition coefficient (Wildman–Crippen LogP) is -2.35. The number of amides is 3. The van der Waals surface area contributed by atoms with E-state index in [4.69, 9.17) is 17.2 Å². The van der Waals surface area contributed by atoms with Crippen molar-refractivity contribution in [2.24, 2.45) is 22.2 Å². The second-order valence-corrected chi connectivity index (χ2v) is 8.81. The van der Waals surface area contributed by atoms with Gasteiger partial charge in [-0.2, -0.15) is 11.8 Å². The summed E-state index contributed by atoms with van der Waals surface area (Å²) < 4.78 is 0. The third-order valence-corrected chi connectivity index (χ3v) is 5.47. The molecule has 0 saturated heterocycles. The molecule has 4 unspecified atom stereocenters. The van der Waals surface area contributed by atoms with Crippen LogP contribution in [-0.4, -0.2) is 87.4 Å². The van der Waals surface area contributed by atoms with E-state index in [1.165, 1.54) is 31.2 Å². The van der Waals surface area contributed by atoms with Gasteiger partial charge < -0.3 is 43.2 Å². The number of H-pyrrole nitrogens is 1. The van der Waals surface area contributed by atoms with Crippen LogP contribution in [-0.2, 0) is 25.6 Å². The van der Waals surface area contributed by atoms with Gasteiger partial charge >= 0.3 is 5.97 Å². The van der Waals surface area contributed by atoms with Crippen LogP contribution in [0.2, 0.25) is 0 Å². The Morgan fingerprint density at radius 2 is 1.71 bits per heavy atom. The fraction of sp³-hybridized carbons (Fsp3) is 0.600. The molecule has 14 nitrogen and oxygen atoms in total. The molecule has 0 aliphatic rings. The average molecular weight is 514 g/mol. The van der Waals surface area contributed by atoms with Crippen molar-refractivity contribution in [3.63, 3.8) is 0 Å². The number of aromatic nitrogens is 2. The monoisotopic (exact) mass is 513 g/mol. The van der Waals surface area contributed by atoms with Crippen LogP contribution in [0, 0.1) is 0 Å². The van der Waals surface area contributed by atoms with E-state index in [2.05, 4.69) is 30.9 Å². The Hall–Kier alpha value is -3.33. The summed E-state index contributed by atoms with van der Waals surface area (Å²) in [6, 6.07) is -4.14. The number of aliphatic carboxylic acids is 1. The molecule has 0 aliphatic heterocycles. The second-order valence-electron chi connectivity index (χ2n) is 7.82. The maximum absolute atomic E-state index is 13.1. The fourth-order valence-corrected chi connectivity index (χ4v) is 3.41. The van der Waals surface area contributed by atoms with E-state index in [1.807, 2.05) is 6.26 Å². The first-order valence-corrected chi connectivity index (χ1v) is 12.4. The van der Waals surface area contributed by atoms with Gasteiger partial charge in [-0.3, -0.25) is 19.4 Å². The minimum absolute atomic E-state index is 0.0222. The van der Waals surface area contributed by atoms with E-state index in [0.717, 1.165) is 0 Å². The third-order valence-electron chi connectivity index (χ3n) is 4.83. The van der Waals surface area contributed by atoms with E-state index in [0.29, 0.717) is 17.9 Å². The van der Waals surface area contributed by atoms with Crippen LogP contribution in [0.3, 0.4) is 0 Å². The summed E-state index contributed by atoms with van der Waals surface area (Å²) in [7, 11) is 0. The van der Waals surface area contributed by atoms with Crippen molar-refractivity contribution in [1.29, 1.82) is 0 Å². The van der Waals surface area contributed by atoms with E-state index in [-0.39, 0.29) is 31.8 Å². The molecule has 0 spiro atoms. The van der Waals surface area contributed by atoms with Gasteiger partial charge in [0.1, 0.15) is 18.1 Å². The summed E-state index contributed by atoms with van der Waals surface area (Å²) in [5, 5.41) is 17.1. The number of nitrogens with zero attached hydrogens (tertiary/aromatic N) is 2. The lowest BCUT2D eigenvalue weighted by molar-refractivity contribution is -0.142. The number of aliphatic imine (C=N–C) groups is 1. The normalized spacial score (nSPS) is 14.1. The minimum atomic E-state index is -1.18. The molecular formula is C20H35N9O5S. The Kier molecular flexibility index (Phi) is 13.2. The molecule has 0 radical (unpaired) electrons. The first-order chi connectivity index (χ1) is 16.5. The molecule has 196 valence electrons. The smallest absolute Gasteiger partial charge is 0.326 e. The number of carbonyl (C=O) groups is 4. The Morgan fingerprint density at radius 3 is 2.26 bits per heavy atom. The van der Waals surface area contributed by atoms with Crippen LogP contribution < -0.4 is 33.2 Å². The average Bonchev–Trinajstić information content (AvgIpc) is 3.30. The Morgan fingerprint density at radius 1 is 1.09 bits per heavy atom. The molecule has 0 fully saturated rings. The van der Waals surface area contributed by atoms with Crippen LogP contribution in [0.15, 0.2) is 17.5 Å². The highest BCUT2D eigenvalue weighted by Gasteiger charge is 2.30. The van der Waals surface area contributed by atoms with Gasteiger partial charge in [0, 0.05) is 24.9 Å². The van der Waals surface area contributed by atoms with Crippen molar-refractivity contribution in [3.8, 4) is 0 Å². The Balaban J connectivity index is 3.02. The van der Waals surface area contributed by atoms with Gasteiger partial charge in [-0.15, -0.1) is 0 Å². The zero-order valence-corrected chi connectivity index (χ0v) is 20.6. The number of hydrogen-bond donors (Lipinski definition) is 8. The Bertz CT molecular complexity index is 859. The molecule has 0 saturated carbocycles. The van der Waals surface area contributed by atoms with Crippen molar-refractivity contribution in [2.75, 3.05) is 18.6 Å². The number of hydrogen-bond acceptors (Lipinski definition) is 8. The SMILES string of the molecule is CSCCC(NC(=O)C(Cc1cnc[nH]1)NC(=O)C(CCCN=C(N)N)NC(=O)C(C)N)C(=O)O. The van der Waals surface area contributed by atoms with E-state index < -0.39 is 47.9 Å². The Labute approximate surface area is 207 Å². The van der Waals surface area contributed by atoms with E-state index >= 15 is 0 Å². The molecule has 1 aromatic heterocycles. The topological polar surface area (TPSA) is 244 Å². The summed E-state index contributed by atoms with van der Waals surface area (Å²) in [4.78, 5) is 60.4. The summed E-state index contributed by atoms with van der Waals surface area (Å²) in [5.74, 6) is -2.63. The van der Waals surface area contributed by atoms with Crippen molar-refractivity contribution in [2.45, 2.75) is 56.8 Å². The molecule has 1 rings (SSSR count). The quantitative estimate of drug-likeness (QED) is 0.0664. The van der Waals surface area contributed by atoms with Crippen LogP contribution in [0.5, 0.6) is 0 Å². The van der Waals surface area contributed by atoms with Crippen LogP contribution in [0.1, 0.15) is 31.9 Å². The van der Waals surface area contributed by atoms with Gasteiger partial charge in [0.2, 0.25) is 17.7 Å². The van der Waals surface area contributed by atoms with Gasteiger partial charge in [0.05, 0.1) is 12.4 Å². The minimum Gasteiger partial charge on any atom is -0.480 e. The van der Waals surface area contributed by atoms with Gasteiger partial charge in [0.25, 0.3) is 0 Å². The standard InChI is InChI=1S/C20H35N9O5S/c1-11(21)16(30)27-13(4-3-6-25-20(22)23)17(31)29-15(8-12-9-24-10-26-12)18(32)28-14(19(33)34)5-7-35-2/h9-11,13-15H,3-8,21H2,1-2H3,(H,24,26)(H,27,30)(H,28,32)(H,29,31)(H,33,34)(H4,22,23,25). The van der Waals surface area contributed by atoms with Crippen LogP contribution >= 0.6 is 11.8 Å². The first kappa shape index (κ1) is 29.7. The molecule has 11 N–H and O–H groups in total. The molecule has 0 bridgehead atoms. The maximum Gasteiger partial charge on any atom is 0.326 e. The molecule has 15 heteroatoms. The number of guanidine groups is 1. The third kappa shape index (κ3) is 11.6. The number of imidazole rings is 1. The molecule has 35 heavy (non-hydrogen) atoms. The number of carboxylic acid groups (broad SMARTS) is 1. The molecule has 0 aromatic carbocycles. The van der Waals surface area contributed by atoms with Crippen molar-refractivity contribution in [3.05, 3.63) is 18.2 Å². The lowest BCUT2D eigenvalue weighted by Crippen LogP contribution is -2.57. The molecule has 1 aromatic rings. The lowest BCUT2D eigenvalue weighted by Gasteiger charge is -2.24. The highest BCUT2D eigenvalue weighted by molar-refractivity contribution is 7.98.